The van der Waals surface area contributed by atoms with E-state index in [1.54, 1.807) is 25.1 Å². The van der Waals surface area contributed by atoms with Crippen molar-refractivity contribution in [1.29, 1.82) is 0 Å². The number of ether oxygens (including phenoxy) is 1. The third-order valence-electron chi connectivity index (χ3n) is 4.47. The summed E-state index contributed by atoms with van der Waals surface area (Å²) in [6.45, 7) is 11.8. The van der Waals surface area contributed by atoms with Crippen molar-refractivity contribution in [2.45, 2.75) is 39.5 Å². The maximum atomic E-state index is 11.5. The molecule has 146 valence electrons. The zero-order chi connectivity index (χ0) is 20.5. The van der Waals surface area contributed by atoms with Crippen molar-refractivity contribution >= 4 is 17.0 Å². The van der Waals surface area contributed by atoms with Gasteiger partial charge in [0.2, 0.25) is 0 Å². The van der Waals surface area contributed by atoms with Crippen LogP contribution in [0.15, 0.2) is 48.6 Å². The van der Waals surface area contributed by atoms with Crippen LogP contribution in [0.5, 0.6) is 5.75 Å². The number of hydrogen-bond acceptors (Lipinski definition) is 5. The molecule has 0 unspecified atom stereocenters. The van der Waals surface area contributed by atoms with Gasteiger partial charge in [-0.25, -0.2) is 4.79 Å². The third kappa shape index (κ3) is 4.22. The normalized spacial score (nSPS) is 11.6. The number of hydrogen-bond donors (Lipinski definition) is 1. The molecule has 0 bridgehead atoms. The second kappa shape index (κ2) is 7.46. The van der Waals surface area contributed by atoms with E-state index in [4.69, 9.17) is 4.74 Å². The summed E-state index contributed by atoms with van der Waals surface area (Å²) in [5, 5.41) is 19.3. The van der Waals surface area contributed by atoms with Crippen molar-refractivity contribution in [1.82, 2.24) is 15.0 Å². The molecule has 0 atom stereocenters. The number of carbonyl (C=O) groups excluding carboxylic acids is 1. The van der Waals surface area contributed by atoms with Gasteiger partial charge in [-0.05, 0) is 47.7 Å². The molecule has 3 rings (SSSR count). The number of phenolic OH excluding ortho intramolecular Hbond substituents is 1. The maximum absolute atomic E-state index is 11.5. The Bertz CT molecular complexity index is 1040. The fourth-order valence-corrected chi connectivity index (χ4v) is 2.76. The van der Waals surface area contributed by atoms with Gasteiger partial charge in [-0.3, -0.25) is 0 Å². The lowest BCUT2D eigenvalue weighted by Gasteiger charge is -2.18. The van der Waals surface area contributed by atoms with Crippen LogP contribution < -0.4 is 0 Å². The molecule has 0 spiro atoms. The van der Waals surface area contributed by atoms with Gasteiger partial charge >= 0.3 is 5.97 Å². The number of nitrogens with zero attached hydrogens (tertiary/aromatic N) is 3. The molecular formula is C22H25N3O3. The predicted octanol–water partition coefficient (Wildman–Crippen LogP) is 4.09. The van der Waals surface area contributed by atoms with Crippen molar-refractivity contribution in [3.63, 3.8) is 0 Å². The Balaban J connectivity index is 1.86. The molecule has 3 aromatic rings. The minimum atomic E-state index is -0.409. The summed E-state index contributed by atoms with van der Waals surface area (Å²) in [5.41, 5.74) is 4.47. The van der Waals surface area contributed by atoms with Crippen LogP contribution in [-0.4, -0.2) is 32.7 Å². The van der Waals surface area contributed by atoms with Crippen LogP contribution in [0.2, 0.25) is 0 Å². The predicted molar refractivity (Wildman–Crippen MR) is 109 cm³/mol. The van der Waals surface area contributed by atoms with E-state index in [-0.39, 0.29) is 17.8 Å². The Morgan fingerprint density at radius 2 is 1.86 bits per heavy atom. The summed E-state index contributed by atoms with van der Waals surface area (Å²) in [6, 6.07) is 11.2. The van der Waals surface area contributed by atoms with Crippen molar-refractivity contribution < 1.29 is 14.6 Å². The number of aromatic hydroxyl groups is 1. The topological polar surface area (TPSA) is 77.2 Å². The summed E-state index contributed by atoms with van der Waals surface area (Å²) in [4.78, 5) is 12.9. The van der Waals surface area contributed by atoms with Crippen molar-refractivity contribution in [3.8, 4) is 11.4 Å². The number of esters is 1. The van der Waals surface area contributed by atoms with Gasteiger partial charge < -0.3 is 9.84 Å². The molecule has 0 aliphatic carbocycles. The van der Waals surface area contributed by atoms with E-state index in [2.05, 4.69) is 37.5 Å². The lowest BCUT2D eigenvalue weighted by Crippen LogP contribution is -2.10. The zero-order valence-electron chi connectivity index (χ0n) is 16.7. The highest BCUT2D eigenvalue weighted by atomic mass is 16.5. The van der Waals surface area contributed by atoms with E-state index < -0.39 is 5.97 Å². The second-order valence-corrected chi connectivity index (χ2v) is 7.93. The highest BCUT2D eigenvalue weighted by Crippen LogP contribution is 2.27. The first kappa shape index (κ1) is 19.6. The molecule has 0 aliphatic heterocycles. The van der Waals surface area contributed by atoms with E-state index in [1.165, 1.54) is 10.4 Å². The molecule has 0 amide bonds. The van der Waals surface area contributed by atoms with Crippen LogP contribution in [0.4, 0.5) is 0 Å². The fourth-order valence-electron chi connectivity index (χ4n) is 2.76. The van der Waals surface area contributed by atoms with Gasteiger partial charge in [0.25, 0.3) is 0 Å². The van der Waals surface area contributed by atoms with Crippen LogP contribution in [0, 0.1) is 0 Å². The van der Waals surface area contributed by atoms with Crippen LogP contribution in [-0.2, 0) is 21.4 Å². The smallest absolute Gasteiger partial charge is 0.333 e. The summed E-state index contributed by atoms with van der Waals surface area (Å²) < 4.78 is 5.14. The number of rotatable bonds is 5. The van der Waals surface area contributed by atoms with Gasteiger partial charge in [-0.15, -0.1) is 15.0 Å². The van der Waals surface area contributed by atoms with E-state index in [1.807, 2.05) is 18.2 Å². The molecular weight excluding hydrogens is 354 g/mol. The Labute approximate surface area is 164 Å². The molecule has 6 nitrogen and oxygen atoms in total. The Hall–Kier alpha value is -3.15. The molecule has 6 heteroatoms. The second-order valence-electron chi connectivity index (χ2n) is 7.93. The van der Waals surface area contributed by atoms with E-state index in [0.717, 1.165) is 16.6 Å². The van der Waals surface area contributed by atoms with Crippen LogP contribution in [0.1, 0.15) is 38.8 Å². The average Bonchev–Trinajstić information content (AvgIpc) is 3.05. The van der Waals surface area contributed by atoms with Gasteiger partial charge in [0.1, 0.15) is 22.5 Å². The summed E-state index contributed by atoms with van der Waals surface area (Å²) >= 11 is 0. The number of fused-ring (bicyclic) bond motifs is 1. The van der Waals surface area contributed by atoms with Crippen LogP contribution in [0.25, 0.3) is 16.7 Å². The van der Waals surface area contributed by atoms with Gasteiger partial charge in [-0.2, -0.15) is 0 Å². The largest absolute Gasteiger partial charge is 0.506 e. The molecule has 0 fully saturated rings. The Morgan fingerprint density at radius 1 is 1.14 bits per heavy atom. The molecule has 0 aliphatic rings. The maximum Gasteiger partial charge on any atom is 0.333 e. The lowest BCUT2D eigenvalue weighted by molar-refractivity contribution is -0.138. The van der Waals surface area contributed by atoms with E-state index in [0.29, 0.717) is 17.7 Å². The van der Waals surface area contributed by atoms with Crippen molar-refractivity contribution in [2.75, 3.05) is 6.61 Å². The van der Waals surface area contributed by atoms with Crippen LogP contribution in [0.3, 0.4) is 0 Å². The molecule has 1 heterocycles. The number of benzene rings is 2. The molecule has 0 saturated carbocycles. The lowest BCUT2D eigenvalue weighted by atomic mass is 9.87. The SMILES string of the molecule is C=C(C)C(=O)OCCc1ccc(O)c(-n2nc3ccc(C(C)(C)C)cc3n2)c1. The fraction of sp³-hybridized carbons (Fsp3) is 0.318. The Morgan fingerprint density at radius 3 is 2.54 bits per heavy atom. The number of aromatic nitrogens is 3. The van der Waals surface area contributed by atoms with Gasteiger partial charge in [0, 0.05) is 12.0 Å². The van der Waals surface area contributed by atoms with Crippen molar-refractivity contribution in [3.05, 3.63) is 59.7 Å². The summed E-state index contributed by atoms with van der Waals surface area (Å²) in [6.07, 6.45) is 0.515. The first-order valence-corrected chi connectivity index (χ1v) is 9.17. The summed E-state index contributed by atoms with van der Waals surface area (Å²) in [5.74, 6) is -0.326. The van der Waals surface area contributed by atoms with Gasteiger partial charge in [0.05, 0.1) is 6.61 Å². The van der Waals surface area contributed by atoms with Gasteiger partial charge in [0.15, 0.2) is 0 Å². The van der Waals surface area contributed by atoms with Crippen molar-refractivity contribution in [2.24, 2.45) is 0 Å². The average molecular weight is 379 g/mol. The third-order valence-corrected chi connectivity index (χ3v) is 4.47. The van der Waals surface area contributed by atoms with E-state index >= 15 is 0 Å². The minimum absolute atomic E-state index is 0.0151. The first-order valence-electron chi connectivity index (χ1n) is 9.17. The van der Waals surface area contributed by atoms with Gasteiger partial charge in [-0.1, -0.05) is 39.5 Å². The highest BCUT2D eigenvalue weighted by molar-refractivity contribution is 5.86. The quantitative estimate of drug-likeness (QED) is 0.534. The first-order chi connectivity index (χ1) is 13.1. The summed E-state index contributed by atoms with van der Waals surface area (Å²) in [7, 11) is 0. The van der Waals surface area contributed by atoms with Crippen LogP contribution >= 0.6 is 0 Å². The molecule has 1 N–H and O–H groups in total. The molecule has 0 radical (unpaired) electrons. The molecule has 0 saturated heterocycles. The number of phenols is 1. The highest BCUT2D eigenvalue weighted by Gasteiger charge is 2.16. The molecule has 28 heavy (non-hydrogen) atoms. The molecule has 2 aromatic carbocycles. The van der Waals surface area contributed by atoms with E-state index in [9.17, 15) is 9.90 Å². The zero-order valence-corrected chi connectivity index (χ0v) is 16.7. The standard InChI is InChI=1S/C22H25N3O3/c1-14(2)21(27)28-11-10-15-6-9-20(26)19(12-15)25-23-17-8-7-16(22(3,4)5)13-18(17)24-25/h6-9,12-13,26H,1,10-11H2,2-5H3. The monoisotopic (exact) mass is 379 g/mol. The minimum Gasteiger partial charge on any atom is -0.506 e. The number of carbonyl (C=O) groups is 1. The molecule has 1 aromatic heterocycles. The Kier molecular flexibility index (Phi) is 5.23.